The Balaban J connectivity index is 4.05. The Bertz CT molecular complexity index is 564. The number of hydrogen-bond acceptors (Lipinski definition) is 7. The average Bonchev–Trinajstić information content (AvgIpc) is 2.64. The highest BCUT2D eigenvalue weighted by molar-refractivity contribution is 5.93. The lowest BCUT2D eigenvalue weighted by Crippen LogP contribution is -2.49. The zero-order chi connectivity index (χ0) is 21.7. The van der Waals surface area contributed by atoms with E-state index < -0.39 is 36.9 Å². The molecule has 6 N–H and O–H groups in total. The summed E-state index contributed by atoms with van der Waals surface area (Å²) in [7, 11) is 0. The van der Waals surface area contributed by atoms with Crippen LogP contribution < -0.4 is 26.6 Å². The molecule has 1 atom stereocenters. The molecule has 160 valence electrons. The van der Waals surface area contributed by atoms with Crippen molar-refractivity contribution in [1.29, 1.82) is 0 Å². The number of aliphatic hydroxyl groups is 1. The molecule has 0 fully saturated rings. The van der Waals surface area contributed by atoms with Crippen molar-refractivity contribution in [3.8, 4) is 0 Å². The van der Waals surface area contributed by atoms with Crippen molar-refractivity contribution >= 4 is 29.4 Å². The normalized spacial score (nSPS) is 11.7. The predicted molar refractivity (Wildman–Crippen MR) is 101 cm³/mol. The number of carbonyl (C=O) groups excluding carboxylic acids is 5. The van der Waals surface area contributed by atoms with Crippen molar-refractivity contribution in [1.82, 2.24) is 26.6 Å². The lowest BCUT2D eigenvalue weighted by molar-refractivity contribution is -0.131. The van der Waals surface area contributed by atoms with Crippen LogP contribution in [-0.2, 0) is 24.0 Å². The first-order chi connectivity index (χ1) is 13.1. The van der Waals surface area contributed by atoms with Gasteiger partial charge in [0, 0.05) is 12.0 Å². The highest BCUT2D eigenvalue weighted by atomic mass is 16.3. The molecule has 4 amide bonds. The molecule has 28 heavy (non-hydrogen) atoms. The van der Waals surface area contributed by atoms with E-state index in [1.54, 1.807) is 13.8 Å². The van der Waals surface area contributed by atoms with Crippen molar-refractivity contribution in [2.75, 3.05) is 32.8 Å². The maximum atomic E-state index is 11.8. The molecule has 0 aromatic carbocycles. The van der Waals surface area contributed by atoms with E-state index in [9.17, 15) is 24.0 Å². The van der Waals surface area contributed by atoms with E-state index in [-0.39, 0.29) is 43.3 Å². The van der Waals surface area contributed by atoms with E-state index in [2.05, 4.69) is 26.6 Å². The summed E-state index contributed by atoms with van der Waals surface area (Å²) in [5.41, 5.74) is 0. The Hall–Kier alpha value is -2.53. The number of nitrogens with one attached hydrogen (secondary N) is 5. The van der Waals surface area contributed by atoms with E-state index in [1.165, 1.54) is 0 Å². The molecule has 0 aromatic heterocycles. The van der Waals surface area contributed by atoms with Gasteiger partial charge in [-0.15, -0.1) is 0 Å². The fourth-order valence-electron chi connectivity index (χ4n) is 1.88. The smallest absolute Gasteiger partial charge is 0.240 e. The van der Waals surface area contributed by atoms with Gasteiger partial charge in [0.15, 0.2) is 5.78 Å². The average molecular weight is 401 g/mol. The number of carbonyl (C=O) groups is 5. The first-order valence-electron chi connectivity index (χ1n) is 9.04. The molecule has 0 saturated heterocycles. The molecule has 0 saturated carbocycles. The number of hydrogen-bond donors (Lipinski definition) is 6. The Morgan fingerprint density at radius 3 is 1.54 bits per heavy atom. The van der Waals surface area contributed by atoms with Gasteiger partial charge in [0.05, 0.1) is 32.8 Å². The van der Waals surface area contributed by atoms with Crippen LogP contribution in [0.4, 0.5) is 0 Å². The minimum atomic E-state index is -1.03. The summed E-state index contributed by atoms with van der Waals surface area (Å²) < 4.78 is 0. The fourth-order valence-corrected chi connectivity index (χ4v) is 1.88. The van der Waals surface area contributed by atoms with Gasteiger partial charge in [-0.3, -0.25) is 24.0 Å². The summed E-state index contributed by atoms with van der Waals surface area (Å²) in [6, 6.07) is -0.894. The third-order valence-corrected chi connectivity index (χ3v) is 3.44. The van der Waals surface area contributed by atoms with Gasteiger partial charge in [0.1, 0.15) is 6.04 Å². The zero-order valence-corrected chi connectivity index (χ0v) is 16.8. The van der Waals surface area contributed by atoms with Gasteiger partial charge in [-0.2, -0.15) is 0 Å². The van der Waals surface area contributed by atoms with Gasteiger partial charge in [-0.25, -0.2) is 0 Å². The first-order valence-corrected chi connectivity index (χ1v) is 9.04. The molecule has 0 unspecified atom stereocenters. The number of aliphatic hydroxyl groups excluding tert-OH is 1. The van der Waals surface area contributed by atoms with Crippen LogP contribution in [0.25, 0.3) is 0 Å². The van der Waals surface area contributed by atoms with E-state index >= 15 is 0 Å². The maximum Gasteiger partial charge on any atom is 0.240 e. The Kier molecular flexibility index (Phi) is 12.4. The molecular formula is C17H31N5O6. The minimum absolute atomic E-state index is 0.0781. The molecule has 0 rings (SSSR count). The van der Waals surface area contributed by atoms with Gasteiger partial charge in [-0.05, 0) is 0 Å². The molecule has 0 aliphatic heterocycles. The Morgan fingerprint density at radius 1 is 0.714 bits per heavy atom. The molecule has 0 spiro atoms. The van der Waals surface area contributed by atoms with Crippen LogP contribution in [-0.4, -0.2) is 79.4 Å². The summed E-state index contributed by atoms with van der Waals surface area (Å²) in [6.07, 6.45) is 0. The highest BCUT2D eigenvalue weighted by Crippen LogP contribution is 1.99. The second-order valence-corrected chi connectivity index (χ2v) is 6.73. The van der Waals surface area contributed by atoms with Crippen molar-refractivity contribution in [3.05, 3.63) is 0 Å². The second kappa shape index (κ2) is 13.6. The lowest BCUT2D eigenvalue weighted by atomic mass is 10.0. The van der Waals surface area contributed by atoms with Crippen LogP contribution in [0, 0.1) is 5.92 Å². The van der Waals surface area contributed by atoms with Crippen LogP contribution >= 0.6 is 0 Å². The van der Waals surface area contributed by atoms with E-state index in [0.717, 1.165) is 0 Å². The van der Waals surface area contributed by atoms with Gasteiger partial charge in [-0.1, -0.05) is 27.7 Å². The summed E-state index contributed by atoms with van der Waals surface area (Å²) in [6.45, 7) is 5.53. The van der Waals surface area contributed by atoms with Gasteiger partial charge >= 0.3 is 0 Å². The molecule has 0 heterocycles. The number of rotatable bonds is 13. The van der Waals surface area contributed by atoms with Gasteiger partial charge < -0.3 is 31.7 Å². The number of amides is 4. The SMILES string of the molecule is CC(C)NCC(=O)NCC(=O)NCC(=O)NCC(=O)N[C@@H](CO)C(=O)C(C)C. The summed E-state index contributed by atoms with van der Waals surface area (Å²) in [5, 5.41) is 21.4. The fraction of sp³-hybridized carbons (Fsp3) is 0.706. The molecule has 0 radical (unpaired) electrons. The number of Topliss-reactive ketones (excluding diaryl/α,β-unsaturated/α-hetero) is 1. The van der Waals surface area contributed by atoms with E-state index in [1.807, 2.05) is 13.8 Å². The Labute approximate surface area is 164 Å². The molecule has 0 aliphatic rings. The van der Waals surface area contributed by atoms with Gasteiger partial charge in [0.25, 0.3) is 0 Å². The lowest BCUT2D eigenvalue weighted by Gasteiger charge is -2.17. The standard InChI is InChI=1S/C17H31N5O6/c1-10(2)17(28)12(9-23)22-16(27)8-21-15(26)7-20-14(25)6-19-13(24)5-18-11(3)4/h10-12,18,23H,5-9H2,1-4H3,(H,19,24)(H,20,25)(H,21,26)(H,22,27)/t12-/m0/s1. The maximum absolute atomic E-state index is 11.8. The second-order valence-electron chi connectivity index (χ2n) is 6.73. The van der Waals surface area contributed by atoms with Crippen LogP contribution in [0.1, 0.15) is 27.7 Å². The summed E-state index contributed by atoms with van der Waals surface area (Å²) >= 11 is 0. The summed E-state index contributed by atoms with van der Waals surface area (Å²) in [4.78, 5) is 58.2. The van der Waals surface area contributed by atoms with Crippen molar-refractivity contribution < 1.29 is 29.1 Å². The van der Waals surface area contributed by atoms with Crippen LogP contribution in [0.15, 0.2) is 0 Å². The van der Waals surface area contributed by atoms with E-state index in [4.69, 9.17) is 5.11 Å². The third-order valence-electron chi connectivity index (χ3n) is 3.44. The number of ketones is 1. The Morgan fingerprint density at radius 2 is 1.14 bits per heavy atom. The molecule has 11 heteroatoms. The quantitative estimate of drug-likeness (QED) is 0.192. The topological polar surface area (TPSA) is 166 Å². The highest BCUT2D eigenvalue weighted by Gasteiger charge is 2.22. The van der Waals surface area contributed by atoms with Crippen LogP contribution in [0.3, 0.4) is 0 Å². The first kappa shape index (κ1) is 25.5. The van der Waals surface area contributed by atoms with Crippen LogP contribution in [0.2, 0.25) is 0 Å². The van der Waals surface area contributed by atoms with Crippen molar-refractivity contribution in [3.63, 3.8) is 0 Å². The van der Waals surface area contributed by atoms with Crippen molar-refractivity contribution in [2.24, 2.45) is 5.92 Å². The monoisotopic (exact) mass is 401 g/mol. The largest absolute Gasteiger partial charge is 0.394 e. The zero-order valence-electron chi connectivity index (χ0n) is 16.8. The molecule has 0 bridgehead atoms. The molecule has 0 aliphatic carbocycles. The van der Waals surface area contributed by atoms with Crippen molar-refractivity contribution in [2.45, 2.75) is 39.8 Å². The molecular weight excluding hydrogens is 370 g/mol. The third kappa shape index (κ3) is 12.0. The minimum Gasteiger partial charge on any atom is -0.394 e. The molecule has 0 aromatic rings. The molecule has 11 nitrogen and oxygen atoms in total. The van der Waals surface area contributed by atoms with Gasteiger partial charge in [0.2, 0.25) is 23.6 Å². The van der Waals surface area contributed by atoms with E-state index in [0.29, 0.717) is 0 Å². The predicted octanol–water partition coefficient (Wildman–Crippen LogP) is -2.96. The van der Waals surface area contributed by atoms with Crippen LogP contribution in [0.5, 0.6) is 0 Å². The summed E-state index contributed by atoms with van der Waals surface area (Å²) in [5.74, 6) is -2.84.